The van der Waals surface area contributed by atoms with Crippen LogP contribution in [0, 0.1) is 18.8 Å². The van der Waals surface area contributed by atoms with E-state index in [1.54, 1.807) is 42.7 Å². The van der Waals surface area contributed by atoms with Crippen LogP contribution in [0.5, 0.6) is 0 Å². The molecule has 41 heavy (non-hydrogen) atoms. The van der Waals surface area contributed by atoms with Crippen LogP contribution >= 0.6 is 0 Å². The van der Waals surface area contributed by atoms with Crippen molar-refractivity contribution in [1.29, 1.82) is 0 Å². The molecule has 4 heterocycles. The number of piperazine rings is 1. The summed E-state index contributed by atoms with van der Waals surface area (Å²) in [6, 6.07) is 11.4. The number of hydrogen-bond acceptors (Lipinski definition) is 5. The van der Waals surface area contributed by atoms with E-state index in [0.29, 0.717) is 28.0 Å². The number of halogens is 3. The van der Waals surface area contributed by atoms with Gasteiger partial charge in [-0.1, -0.05) is 18.1 Å². The van der Waals surface area contributed by atoms with Crippen LogP contribution in [-0.4, -0.2) is 62.9 Å². The predicted molar refractivity (Wildman–Crippen MR) is 150 cm³/mol. The van der Waals surface area contributed by atoms with Crippen molar-refractivity contribution in [3.05, 3.63) is 88.4 Å². The normalized spacial score (nSPS) is 19.2. The number of H-pyrrole nitrogens is 1. The van der Waals surface area contributed by atoms with Crippen LogP contribution in [-0.2, 0) is 12.7 Å². The van der Waals surface area contributed by atoms with E-state index in [1.165, 1.54) is 6.07 Å². The molecular weight excluding hydrogens is 529 g/mol. The van der Waals surface area contributed by atoms with E-state index in [0.717, 1.165) is 37.6 Å². The summed E-state index contributed by atoms with van der Waals surface area (Å²) in [4.78, 5) is 29.2. The molecular formula is C31H29F3N6O. The Morgan fingerprint density at radius 3 is 2.63 bits per heavy atom. The van der Waals surface area contributed by atoms with E-state index in [-0.39, 0.29) is 29.9 Å². The van der Waals surface area contributed by atoms with Crippen molar-refractivity contribution < 1.29 is 18.0 Å². The van der Waals surface area contributed by atoms with Crippen molar-refractivity contribution in [3.63, 3.8) is 0 Å². The number of alkyl halides is 3. The van der Waals surface area contributed by atoms with Gasteiger partial charge in [0.05, 0.1) is 11.8 Å². The number of likely N-dealkylation sites (N-methyl/N-ethyl adjacent to an activating group) is 1. The fourth-order valence-electron chi connectivity index (χ4n) is 5.83. The number of amides is 1. The van der Waals surface area contributed by atoms with Gasteiger partial charge in [0.15, 0.2) is 5.65 Å². The molecule has 0 unspecified atom stereocenters. The number of aromatic nitrogens is 3. The lowest BCUT2D eigenvalue weighted by Crippen LogP contribution is -2.51. The molecule has 2 aliphatic heterocycles. The van der Waals surface area contributed by atoms with Gasteiger partial charge in [0.25, 0.3) is 5.91 Å². The molecule has 210 valence electrons. The van der Waals surface area contributed by atoms with Gasteiger partial charge in [0.2, 0.25) is 0 Å². The maximum atomic E-state index is 14.1. The number of benzene rings is 2. The molecule has 2 atom stereocenters. The average molecular weight is 559 g/mol. The lowest BCUT2D eigenvalue weighted by atomic mass is 10.0. The summed E-state index contributed by atoms with van der Waals surface area (Å²) in [5.41, 5.74) is 3.20. The first-order valence-corrected chi connectivity index (χ1v) is 13.5. The van der Waals surface area contributed by atoms with Crippen LogP contribution in [0.4, 0.5) is 18.9 Å². The summed E-state index contributed by atoms with van der Waals surface area (Å²) >= 11 is 0. The van der Waals surface area contributed by atoms with Gasteiger partial charge in [-0.25, -0.2) is 9.97 Å². The summed E-state index contributed by atoms with van der Waals surface area (Å²) in [6.45, 7) is 3.84. The highest BCUT2D eigenvalue weighted by Crippen LogP contribution is 2.37. The second-order valence-corrected chi connectivity index (χ2v) is 10.8. The lowest BCUT2D eigenvalue weighted by Gasteiger charge is -2.39. The molecule has 0 radical (unpaired) electrons. The van der Waals surface area contributed by atoms with E-state index in [1.807, 2.05) is 6.92 Å². The zero-order chi connectivity index (χ0) is 28.7. The topological polar surface area (TPSA) is 77.2 Å². The Morgan fingerprint density at radius 1 is 1.10 bits per heavy atom. The third-order valence-electron chi connectivity index (χ3n) is 7.93. The van der Waals surface area contributed by atoms with Crippen LogP contribution in [0.3, 0.4) is 0 Å². The van der Waals surface area contributed by atoms with E-state index in [9.17, 15) is 18.0 Å². The zero-order valence-electron chi connectivity index (χ0n) is 22.7. The van der Waals surface area contributed by atoms with Gasteiger partial charge in [-0.05, 0) is 74.2 Å². The number of hydrogen-bond donors (Lipinski definition) is 2. The number of aromatic amines is 1. The molecule has 2 aliphatic rings. The Hall–Kier alpha value is -4.20. The molecule has 10 heteroatoms. The predicted octanol–water partition coefficient (Wildman–Crippen LogP) is 5.22. The maximum absolute atomic E-state index is 14.1. The Bertz CT molecular complexity index is 1670. The van der Waals surface area contributed by atoms with Gasteiger partial charge in [-0.15, -0.1) is 0 Å². The minimum Gasteiger partial charge on any atom is -0.345 e. The second kappa shape index (κ2) is 10.7. The van der Waals surface area contributed by atoms with Crippen LogP contribution < -0.4 is 5.32 Å². The molecule has 2 bridgehead atoms. The van der Waals surface area contributed by atoms with Crippen LogP contribution in [0.15, 0.2) is 54.9 Å². The van der Waals surface area contributed by atoms with E-state index in [4.69, 9.17) is 0 Å². The second-order valence-electron chi connectivity index (χ2n) is 10.8. The molecule has 0 aliphatic carbocycles. The third-order valence-corrected chi connectivity index (χ3v) is 7.93. The minimum atomic E-state index is -4.54. The molecule has 2 saturated heterocycles. The first kappa shape index (κ1) is 27.0. The summed E-state index contributed by atoms with van der Waals surface area (Å²) in [5, 5.41) is 2.64. The molecule has 2 aromatic carbocycles. The Labute approximate surface area is 235 Å². The first-order valence-electron chi connectivity index (χ1n) is 13.5. The fourth-order valence-corrected chi connectivity index (χ4v) is 5.83. The van der Waals surface area contributed by atoms with Crippen molar-refractivity contribution >= 4 is 22.8 Å². The molecule has 2 N–H and O–H groups in total. The van der Waals surface area contributed by atoms with Crippen molar-refractivity contribution in [1.82, 2.24) is 24.8 Å². The zero-order valence-corrected chi connectivity index (χ0v) is 22.7. The number of carbonyl (C=O) groups excluding carboxylic acids is 1. The Morgan fingerprint density at radius 2 is 1.88 bits per heavy atom. The van der Waals surface area contributed by atoms with Crippen LogP contribution in [0.25, 0.3) is 11.2 Å². The number of anilines is 1. The number of aryl methyl sites for hydroxylation is 1. The highest BCUT2D eigenvalue weighted by atomic mass is 19.4. The highest BCUT2D eigenvalue weighted by Gasteiger charge is 2.40. The van der Waals surface area contributed by atoms with Gasteiger partial charge < -0.3 is 15.2 Å². The average Bonchev–Trinajstić information content (AvgIpc) is 3.49. The van der Waals surface area contributed by atoms with Gasteiger partial charge >= 0.3 is 6.18 Å². The van der Waals surface area contributed by atoms with E-state index < -0.39 is 17.6 Å². The number of fused-ring (bicyclic) bond motifs is 3. The molecule has 2 fully saturated rings. The third kappa shape index (κ3) is 5.69. The molecule has 0 saturated carbocycles. The van der Waals surface area contributed by atoms with Crippen molar-refractivity contribution in [2.75, 3.05) is 25.5 Å². The quantitative estimate of drug-likeness (QED) is 0.336. The van der Waals surface area contributed by atoms with Gasteiger partial charge in [-0.2, -0.15) is 13.2 Å². The molecule has 2 aromatic heterocycles. The molecule has 6 rings (SSSR count). The summed E-state index contributed by atoms with van der Waals surface area (Å²) in [7, 11) is 2.06. The molecule has 7 nitrogen and oxygen atoms in total. The first-order chi connectivity index (χ1) is 19.6. The maximum Gasteiger partial charge on any atom is 0.416 e. The van der Waals surface area contributed by atoms with E-state index in [2.05, 4.69) is 49.0 Å². The number of carbonyl (C=O) groups is 1. The van der Waals surface area contributed by atoms with Crippen molar-refractivity contribution in [3.8, 4) is 11.8 Å². The Balaban J connectivity index is 1.21. The van der Waals surface area contributed by atoms with E-state index >= 15 is 0 Å². The highest BCUT2D eigenvalue weighted by molar-refractivity contribution is 6.04. The standard InChI is InChI=1S/C31H29F3N6O/c1-19-3-4-21(13-20(19)5-8-24-15-36-29-28(37-24)11-12-35-29)30(41)38-23-7-6-22(27(14-23)31(32,33)34)16-40-25-9-10-26(40)18-39(2)17-25/h3-4,6-7,11-15,25-26H,9-10,16-18H2,1-2H3,(H,35,36)(H,38,41)/t25-,26+. The number of nitrogens with one attached hydrogen (secondary N) is 2. The van der Waals surface area contributed by atoms with Crippen molar-refractivity contribution in [2.24, 2.45) is 0 Å². The summed E-state index contributed by atoms with van der Waals surface area (Å²) < 4.78 is 42.4. The minimum absolute atomic E-state index is 0.0933. The lowest BCUT2D eigenvalue weighted by molar-refractivity contribution is -0.138. The number of likely N-dealkylation sites (tertiary alicyclic amines) is 1. The fraction of sp³-hybridized carbons (Fsp3) is 0.323. The number of rotatable bonds is 4. The van der Waals surface area contributed by atoms with Gasteiger partial charge in [0, 0.05) is 54.7 Å². The smallest absolute Gasteiger partial charge is 0.345 e. The van der Waals surface area contributed by atoms with Gasteiger partial charge in [-0.3, -0.25) is 9.69 Å². The van der Waals surface area contributed by atoms with Crippen LogP contribution in [0.2, 0.25) is 0 Å². The van der Waals surface area contributed by atoms with Crippen LogP contribution in [0.1, 0.15) is 51.1 Å². The SMILES string of the molecule is Cc1ccc(C(=O)Nc2ccc(CN3[C@@H]4CC[C@H]3CN(C)C4)c(C(F)(F)F)c2)cc1C#Cc1cnc2[nH]ccc2n1. The summed E-state index contributed by atoms with van der Waals surface area (Å²) in [5.74, 6) is 5.50. The summed E-state index contributed by atoms with van der Waals surface area (Å²) in [6.07, 6.45) is 0.775. The number of nitrogens with zero attached hydrogens (tertiary/aromatic N) is 4. The molecule has 0 spiro atoms. The monoisotopic (exact) mass is 558 g/mol. The van der Waals surface area contributed by atoms with Crippen molar-refractivity contribution in [2.45, 2.75) is 44.6 Å². The molecule has 1 amide bonds. The Kier molecular flexibility index (Phi) is 7.01. The largest absolute Gasteiger partial charge is 0.416 e. The van der Waals surface area contributed by atoms with Gasteiger partial charge in [0.1, 0.15) is 11.2 Å². The molecule has 4 aromatic rings.